The lowest BCUT2D eigenvalue weighted by Crippen LogP contribution is -2.43. The normalized spacial score (nSPS) is 16.1. The third-order valence-corrected chi connectivity index (χ3v) is 7.35. The number of hydrogen-bond acceptors (Lipinski definition) is 3. The second-order valence-electron chi connectivity index (χ2n) is 9.61. The molecule has 4 heteroatoms. The predicted octanol–water partition coefficient (Wildman–Crippen LogP) is 6.14. The second kappa shape index (κ2) is 10.9. The SMILES string of the molecule is CCOCC1Cc2ccccc2CN1Cc1c(CC)nn(-c2c(C)cc(CC)cc2C)c1CC. The van der Waals surface area contributed by atoms with Gasteiger partial charge in [-0.25, -0.2) is 4.68 Å². The molecule has 1 aliphatic heterocycles. The van der Waals surface area contributed by atoms with E-state index in [0.29, 0.717) is 6.04 Å². The molecule has 1 atom stereocenters. The molecule has 0 aliphatic carbocycles. The number of ether oxygens (including phenoxy) is 1. The summed E-state index contributed by atoms with van der Waals surface area (Å²) in [5.41, 5.74) is 12.2. The Balaban J connectivity index is 1.74. The second-order valence-corrected chi connectivity index (χ2v) is 9.61. The van der Waals surface area contributed by atoms with Crippen LogP contribution in [0, 0.1) is 13.8 Å². The van der Waals surface area contributed by atoms with Crippen LogP contribution in [0.15, 0.2) is 36.4 Å². The smallest absolute Gasteiger partial charge is 0.0707 e. The molecule has 1 aromatic heterocycles. The number of fused-ring (bicyclic) bond motifs is 1. The summed E-state index contributed by atoms with van der Waals surface area (Å²) in [4.78, 5) is 2.62. The zero-order valence-corrected chi connectivity index (χ0v) is 21.9. The third kappa shape index (κ3) is 4.85. The van der Waals surface area contributed by atoms with E-state index in [1.165, 1.54) is 50.5 Å². The van der Waals surface area contributed by atoms with Gasteiger partial charge in [0.2, 0.25) is 0 Å². The molecule has 0 saturated heterocycles. The van der Waals surface area contributed by atoms with E-state index in [9.17, 15) is 0 Å². The first kappa shape index (κ1) is 24.7. The fraction of sp³-hybridized carbons (Fsp3) is 0.500. The minimum atomic E-state index is 0.389. The summed E-state index contributed by atoms with van der Waals surface area (Å²) in [5, 5.41) is 5.20. The number of aryl methyl sites for hydroxylation is 4. The molecule has 0 radical (unpaired) electrons. The number of hydrogen-bond donors (Lipinski definition) is 0. The maximum Gasteiger partial charge on any atom is 0.0707 e. The molecule has 34 heavy (non-hydrogen) atoms. The molecule has 2 aromatic carbocycles. The van der Waals surface area contributed by atoms with Crippen molar-refractivity contribution in [1.82, 2.24) is 14.7 Å². The summed E-state index contributed by atoms with van der Waals surface area (Å²) in [5.74, 6) is 0. The molecule has 2 heterocycles. The summed E-state index contributed by atoms with van der Waals surface area (Å²) in [6.45, 7) is 16.7. The fourth-order valence-corrected chi connectivity index (χ4v) is 5.58. The van der Waals surface area contributed by atoms with Crippen LogP contribution in [0.5, 0.6) is 0 Å². The molecule has 0 bridgehead atoms. The summed E-state index contributed by atoms with van der Waals surface area (Å²) < 4.78 is 8.19. The monoisotopic (exact) mass is 459 g/mol. The van der Waals surface area contributed by atoms with Crippen LogP contribution in [0.3, 0.4) is 0 Å². The van der Waals surface area contributed by atoms with E-state index in [1.54, 1.807) is 0 Å². The topological polar surface area (TPSA) is 30.3 Å². The van der Waals surface area contributed by atoms with Crippen molar-refractivity contribution in [1.29, 1.82) is 0 Å². The molecule has 3 aromatic rings. The first-order valence-corrected chi connectivity index (χ1v) is 13.1. The van der Waals surface area contributed by atoms with Crippen molar-refractivity contribution in [2.75, 3.05) is 13.2 Å². The molecule has 0 fully saturated rings. The van der Waals surface area contributed by atoms with E-state index in [1.807, 2.05) is 0 Å². The van der Waals surface area contributed by atoms with Gasteiger partial charge in [-0.05, 0) is 74.3 Å². The number of aromatic nitrogens is 2. The van der Waals surface area contributed by atoms with Crippen LogP contribution < -0.4 is 0 Å². The molecule has 1 unspecified atom stereocenters. The van der Waals surface area contributed by atoms with E-state index >= 15 is 0 Å². The van der Waals surface area contributed by atoms with Crippen LogP contribution in [0.4, 0.5) is 0 Å². The van der Waals surface area contributed by atoms with Crippen LogP contribution in [-0.4, -0.2) is 33.9 Å². The highest BCUT2D eigenvalue weighted by atomic mass is 16.5. The summed E-state index contributed by atoms with van der Waals surface area (Å²) in [6.07, 6.45) is 4.02. The lowest BCUT2D eigenvalue weighted by atomic mass is 9.93. The van der Waals surface area contributed by atoms with Gasteiger partial charge in [-0.15, -0.1) is 0 Å². The number of nitrogens with zero attached hydrogens (tertiary/aromatic N) is 3. The van der Waals surface area contributed by atoms with E-state index in [0.717, 1.165) is 52.0 Å². The van der Waals surface area contributed by atoms with Gasteiger partial charge in [0.25, 0.3) is 0 Å². The van der Waals surface area contributed by atoms with Crippen molar-refractivity contribution in [2.45, 2.75) is 86.4 Å². The minimum Gasteiger partial charge on any atom is -0.380 e. The van der Waals surface area contributed by atoms with E-state index in [-0.39, 0.29) is 0 Å². The van der Waals surface area contributed by atoms with Crippen molar-refractivity contribution in [3.05, 3.63) is 81.2 Å². The van der Waals surface area contributed by atoms with E-state index < -0.39 is 0 Å². The average Bonchev–Trinajstić information content (AvgIpc) is 3.18. The van der Waals surface area contributed by atoms with Gasteiger partial charge < -0.3 is 4.74 Å². The lowest BCUT2D eigenvalue weighted by Gasteiger charge is -2.37. The first-order chi connectivity index (χ1) is 16.5. The molecule has 0 amide bonds. The van der Waals surface area contributed by atoms with Crippen LogP contribution in [0.1, 0.15) is 72.5 Å². The van der Waals surface area contributed by atoms with E-state index in [4.69, 9.17) is 9.84 Å². The Bertz CT molecular complexity index is 1110. The molecule has 0 spiro atoms. The van der Waals surface area contributed by atoms with Crippen LogP contribution >= 0.6 is 0 Å². The molecule has 182 valence electrons. The molecule has 0 saturated carbocycles. The molecule has 4 rings (SSSR count). The van der Waals surface area contributed by atoms with Crippen LogP contribution in [0.2, 0.25) is 0 Å². The lowest BCUT2D eigenvalue weighted by molar-refractivity contribution is 0.0511. The number of rotatable bonds is 9. The highest BCUT2D eigenvalue weighted by molar-refractivity contribution is 5.51. The minimum absolute atomic E-state index is 0.389. The van der Waals surface area contributed by atoms with Gasteiger partial charge in [0.05, 0.1) is 18.0 Å². The van der Waals surface area contributed by atoms with Gasteiger partial charge in [0.1, 0.15) is 0 Å². The van der Waals surface area contributed by atoms with Crippen molar-refractivity contribution < 1.29 is 4.74 Å². The maximum absolute atomic E-state index is 5.93. The Morgan fingerprint density at radius 2 is 1.65 bits per heavy atom. The molecule has 4 nitrogen and oxygen atoms in total. The van der Waals surface area contributed by atoms with Gasteiger partial charge in [0.15, 0.2) is 0 Å². The number of benzene rings is 2. The highest BCUT2D eigenvalue weighted by Gasteiger charge is 2.29. The molecular formula is C30H41N3O. The standard InChI is InChI=1S/C30H41N3O/c1-7-23-15-21(5)30(22(6)16-23)33-29(9-3)27(28(8-2)31-33)19-32-18-25-14-12-11-13-24(25)17-26(32)20-34-10-4/h11-16,26H,7-10,17-20H2,1-6H3. The third-order valence-electron chi connectivity index (χ3n) is 7.35. The van der Waals surface area contributed by atoms with Gasteiger partial charge >= 0.3 is 0 Å². The largest absolute Gasteiger partial charge is 0.380 e. The average molecular weight is 460 g/mol. The first-order valence-electron chi connectivity index (χ1n) is 13.1. The zero-order valence-electron chi connectivity index (χ0n) is 21.9. The molecule has 0 N–H and O–H groups in total. The van der Waals surface area contributed by atoms with E-state index in [2.05, 4.69) is 87.5 Å². The molecular weight excluding hydrogens is 418 g/mol. The Morgan fingerprint density at radius 1 is 0.941 bits per heavy atom. The van der Waals surface area contributed by atoms with Crippen molar-refractivity contribution in [2.24, 2.45) is 0 Å². The molecule has 1 aliphatic rings. The predicted molar refractivity (Wildman–Crippen MR) is 141 cm³/mol. The van der Waals surface area contributed by atoms with Gasteiger partial charge in [-0.1, -0.05) is 57.2 Å². The summed E-state index contributed by atoms with van der Waals surface area (Å²) >= 11 is 0. The van der Waals surface area contributed by atoms with Gasteiger partial charge in [-0.3, -0.25) is 4.90 Å². The Hall–Kier alpha value is -2.43. The van der Waals surface area contributed by atoms with Crippen LogP contribution in [0.25, 0.3) is 5.69 Å². The Morgan fingerprint density at radius 3 is 2.26 bits per heavy atom. The summed E-state index contributed by atoms with van der Waals surface area (Å²) in [7, 11) is 0. The van der Waals surface area contributed by atoms with Gasteiger partial charge in [0, 0.05) is 37.0 Å². The van der Waals surface area contributed by atoms with Crippen LogP contribution in [-0.2, 0) is 43.5 Å². The summed E-state index contributed by atoms with van der Waals surface area (Å²) in [6, 6.07) is 13.9. The quantitative estimate of drug-likeness (QED) is 0.385. The Labute approximate surface area is 205 Å². The fourth-order valence-electron chi connectivity index (χ4n) is 5.58. The zero-order chi connectivity index (χ0) is 24.2. The maximum atomic E-state index is 5.93. The van der Waals surface area contributed by atoms with Gasteiger partial charge in [-0.2, -0.15) is 5.10 Å². The Kier molecular flexibility index (Phi) is 7.90. The van der Waals surface area contributed by atoms with Crippen molar-refractivity contribution in [3.63, 3.8) is 0 Å². The van der Waals surface area contributed by atoms with Crippen molar-refractivity contribution in [3.8, 4) is 5.69 Å². The van der Waals surface area contributed by atoms with Crippen molar-refractivity contribution >= 4 is 0 Å². The highest BCUT2D eigenvalue weighted by Crippen LogP contribution is 2.30.